The van der Waals surface area contributed by atoms with Gasteiger partial charge < -0.3 is 9.47 Å². The van der Waals surface area contributed by atoms with Gasteiger partial charge in [-0.2, -0.15) is 0 Å². The van der Waals surface area contributed by atoms with E-state index in [1.807, 2.05) is 0 Å². The molecule has 60 heavy (non-hydrogen) atoms. The molecule has 0 unspecified atom stereocenters. The molecule has 15 rings (SSSR count). The molecule has 0 atom stereocenters. The van der Waals surface area contributed by atoms with E-state index in [9.17, 15) is 0 Å². The van der Waals surface area contributed by atoms with Crippen LogP contribution in [0.4, 0.5) is 17.1 Å². The van der Waals surface area contributed by atoms with E-state index in [4.69, 9.17) is 0 Å². The molecule has 2 nitrogen and oxygen atoms in total. The number of anilines is 3. The molecule has 0 radical (unpaired) electrons. The number of rotatable bonds is 4. The number of para-hydroxylation sites is 2. The zero-order valence-corrected chi connectivity index (χ0v) is 34.3. The second-order valence-electron chi connectivity index (χ2n) is 19.6. The van der Waals surface area contributed by atoms with Crippen molar-refractivity contribution in [3.05, 3.63) is 180 Å². The Labute approximate surface area is 353 Å². The Morgan fingerprint density at radius 1 is 0.417 bits per heavy atom. The molecule has 292 valence electrons. The molecule has 0 N–H and O–H groups in total. The van der Waals surface area contributed by atoms with Crippen LogP contribution in [0.5, 0.6) is 0 Å². The monoisotopic (exact) mass is 774 g/mol. The Hall–Kier alpha value is -5.86. The van der Waals surface area contributed by atoms with Crippen LogP contribution in [0.2, 0.25) is 0 Å². The SMILES string of the molecule is c1ccc2c(c1)-c1cc(N(c3ccc(-n4c5ccccc5c5ccccc54)cc3)c3ccc4c(c3)C3(c5ccccc5-4)C4CC5CC(C4)CC3C5)ccc1C21CCCCC1. The summed E-state index contributed by atoms with van der Waals surface area (Å²) in [5, 5.41) is 2.59. The minimum absolute atomic E-state index is 0.117. The molecule has 2 heteroatoms. The van der Waals surface area contributed by atoms with Crippen molar-refractivity contribution in [1.29, 1.82) is 0 Å². The van der Waals surface area contributed by atoms with E-state index in [2.05, 4.69) is 167 Å². The average Bonchev–Trinajstić information content (AvgIpc) is 3.88. The van der Waals surface area contributed by atoms with Crippen LogP contribution < -0.4 is 4.90 Å². The largest absolute Gasteiger partial charge is 0.310 e. The molecular weight excluding hydrogens is 725 g/mol. The molecule has 4 bridgehead atoms. The molecule has 0 amide bonds. The Bertz CT molecular complexity index is 2970. The van der Waals surface area contributed by atoms with Gasteiger partial charge >= 0.3 is 0 Å². The van der Waals surface area contributed by atoms with Crippen molar-refractivity contribution >= 4 is 38.9 Å². The third kappa shape index (κ3) is 4.40. The highest BCUT2D eigenvalue weighted by atomic mass is 15.1. The molecular formula is C58H50N2. The van der Waals surface area contributed by atoms with Gasteiger partial charge in [-0.05, 0) is 174 Å². The third-order valence-corrected chi connectivity index (χ3v) is 17.0. The summed E-state index contributed by atoms with van der Waals surface area (Å²) in [4.78, 5) is 2.59. The van der Waals surface area contributed by atoms with Crippen molar-refractivity contribution in [2.24, 2.45) is 23.7 Å². The minimum Gasteiger partial charge on any atom is -0.310 e. The molecule has 7 aliphatic rings. The fourth-order valence-corrected chi connectivity index (χ4v) is 15.0. The van der Waals surface area contributed by atoms with Crippen molar-refractivity contribution in [2.45, 2.75) is 75.0 Å². The smallest absolute Gasteiger partial charge is 0.0541 e. The zero-order chi connectivity index (χ0) is 39.2. The summed E-state index contributed by atoms with van der Waals surface area (Å²) in [5.41, 5.74) is 19.8. The van der Waals surface area contributed by atoms with Gasteiger partial charge in [0.15, 0.2) is 0 Å². The van der Waals surface area contributed by atoms with Crippen LogP contribution in [0.1, 0.15) is 86.5 Å². The van der Waals surface area contributed by atoms with Crippen molar-refractivity contribution < 1.29 is 0 Å². The van der Waals surface area contributed by atoms with Crippen LogP contribution in [-0.2, 0) is 10.8 Å². The first-order valence-corrected chi connectivity index (χ1v) is 23.1. The molecule has 1 heterocycles. The maximum absolute atomic E-state index is 2.67. The van der Waals surface area contributed by atoms with E-state index in [0.29, 0.717) is 0 Å². The first-order valence-electron chi connectivity index (χ1n) is 23.1. The summed E-state index contributed by atoms with van der Waals surface area (Å²) in [6, 6.07) is 61.2. The van der Waals surface area contributed by atoms with Crippen molar-refractivity contribution in [1.82, 2.24) is 4.57 Å². The first-order chi connectivity index (χ1) is 29.7. The molecule has 7 aromatic carbocycles. The fourth-order valence-electron chi connectivity index (χ4n) is 15.0. The normalized spacial score (nSPS) is 24.9. The van der Waals surface area contributed by atoms with Gasteiger partial charge in [0.1, 0.15) is 0 Å². The van der Waals surface area contributed by atoms with Gasteiger partial charge in [-0.15, -0.1) is 0 Å². The minimum atomic E-state index is 0.117. The molecule has 5 saturated carbocycles. The molecule has 5 fully saturated rings. The number of hydrogen-bond acceptors (Lipinski definition) is 1. The highest BCUT2D eigenvalue weighted by Crippen LogP contribution is 2.70. The highest BCUT2D eigenvalue weighted by molar-refractivity contribution is 6.09. The molecule has 7 aliphatic carbocycles. The van der Waals surface area contributed by atoms with Crippen LogP contribution in [0.15, 0.2) is 158 Å². The number of nitrogens with zero attached hydrogens (tertiary/aromatic N) is 2. The summed E-state index contributed by atoms with van der Waals surface area (Å²) in [6.07, 6.45) is 13.5. The van der Waals surface area contributed by atoms with Gasteiger partial charge in [0.2, 0.25) is 0 Å². The van der Waals surface area contributed by atoms with Crippen LogP contribution in [0, 0.1) is 23.7 Å². The number of benzene rings is 7. The van der Waals surface area contributed by atoms with E-state index in [1.165, 1.54) is 131 Å². The maximum atomic E-state index is 2.67. The summed E-state index contributed by atoms with van der Waals surface area (Å²) in [7, 11) is 0. The average molecular weight is 775 g/mol. The third-order valence-electron chi connectivity index (χ3n) is 17.0. The van der Waals surface area contributed by atoms with Crippen LogP contribution in [-0.4, -0.2) is 4.57 Å². The predicted molar refractivity (Wildman–Crippen MR) is 248 cm³/mol. The summed E-state index contributed by atoms with van der Waals surface area (Å²) in [5.74, 6) is 3.30. The van der Waals surface area contributed by atoms with Crippen molar-refractivity contribution in [3.8, 4) is 27.9 Å². The summed E-state index contributed by atoms with van der Waals surface area (Å²) in [6.45, 7) is 0. The lowest BCUT2D eigenvalue weighted by Crippen LogP contribution is -2.55. The van der Waals surface area contributed by atoms with Gasteiger partial charge in [-0.25, -0.2) is 0 Å². The van der Waals surface area contributed by atoms with Crippen LogP contribution in [0.25, 0.3) is 49.7 Å². The van der Waals surface area contributed by atoms with Gasteiger partial charge in [-0.3, -0.25) is 0 Å². The first kappa shape index (κ1) is 33.9. The van der Waals surface area contributed by atoms with Crippen LogP contribution >= 0.6 is 0 Å². The molecule has 1 aromatic heterocycles. The maximum Gasteiger partial charge on any atom is 0.0541 e. The van der Waals surface area contributed by atoms with E-state index < -0.39 is 0 Å². The van der Waals surface area contributed by atoms with E-state index in [0.717, 1.165) is 23.7 Å². The Morgan fingerprint density at radius 3 is 1.65 bits per heavy atom. The van der Waals surface area contributed by atoms with E-state index in [1.54, 1.807) is 22.3 Å². The lowest BCUT2D eigenvalue weighted by molar-refractivity contribution is -0.0399. The van der Waals surface area contributed by atoms with Gasteiger partial charge in [0, 0.05) is 44.4 Å². The second kappa shape index (κ2) is 12.4. The zero-order valence-electron chi connectivity index (χ0n) is 34.3. The quantitative estimate of drug-likeness (QED) is 0.173. The molecule has 2 spiro atoms. The Kier molecular flexibility index (Phi) is 6.98. The van der Waals surface area contributed by atoms with E-state index in [-0.39, 0.29) is 10.8 Å². The Balaban J connectivity index is 0.967. The lowest BCUT2D eigenvalue weighted by Gasteiger charge is -2.61. The molecule has 8 aromatic rings. The lowest BCUT2D eigenvalue weighted by atomic mass is 9.43. The topological polar surface area (TPSA) is 8.17 Å². The number of hydrogen-bond donors (Lipinski definition) is 0. The highest BCUT2D eigenvalue weighted by Gasteiger charge is 2.61. The predicted octanol–water partition coefficient (Wildman–Crippen LogP) is 15.2. The fraction of sp³-hybridized carbons (Fsp3) is 0.276. The van der Waals surface area contributed by atoms with Crippen molar-refractivity contribution in [2.75, 3.05) is 4.90 Å². The molecule has 0 saturated heterocycles. The van der Waals surface area contributed by atoms with Crippen LogP contribution in [0.3, 0.4) is 0 Å². The standard InChI is InChI=1S/C58H50N2/c1-10-28-57(29-11-1)51-16-6-2-13-46(51)50-35-43(25-27-52(50)57)59(41-20-22-42(23-21-41)60-55-18-8-4-14-48(55)49-15-5-9-19-56(49)60)44-24-26-47-45-12-3-7-17-53(45)58(54(47)36-44)39-31-37-30-38(33-39)34-40(58)32-37/h2-9,12-27,35-40H,1,10-11,28-34H2. The second-order valence-corrected chi connectivity index (χ2v) is 19.6. The molecule has 0 aliphatic heterocycles. The summed E-state index contributed by atoms with van der Waals surface area (Å²) < 4.78 is 2.44. The number of aromatic nitrogens is 1. The summed E-state index contributed by atoms with van der Waals surface area (Å²) >= 11 is 0. The van der Waals surface area contributed by atoms with Gasteiger partial charge in [-0.1, -0.05) is 116 Å². The van der Waals surface area contributed by atoms with E-state index >= 15 is 0 Å². The van der Waals surface area contributed by atoms with Crippen molar-refractivity contribution in [3.63, 3.8) is 0 Å². The van der Waals surface area contributed by atoms with Gasteiger partial charge in [0.05, 0.1) is 11.0 Å². The van der Waals surface area contributed by atoms with Gasteiger partial charge in [0.25, 0.3) is 0 Å². The Morgan fingerprint density at radius 2 is 0.950 bits per heavy atom. The number of fused-ring (bicyclic) bond motifs is 11.